The number of esters is 1. The van der Waals surface area contributed by atoms with E-state index in [0.717, 1.165) is 0 Å². The summed E-state index contributed by atoms with van der Waals surface area (Å²) in [5, 5.41) is 2.66. The summed E-state index contributed by atoms with van der Waals surface area (Å²) < 4.78 is 26.1. The van der Waals surface area contributed by atoms with Gasteiger partial charge in [-0.25, -0.2) is 9.18 Å². The lowest BCUT2D eigenvalue weighted by molar-refractivity contribution is -0.135. The summed E-state index contributed by atoms with van der Waals surface area (Å²) in [7, 11) is 1.24. The molecule has 9 nitrogen and oxygen atoms in total. The molecule has 1 fully saturated rings. The summed E-state index contributed by atoms with van der Waals surface area (Å²) in [6.45, 7) is 1.12. The summed E-state index contributed by atoms with van der Waals surface area (Å²) in [6, 6.07) is 7.54. The molecule has 180 valence electrons. The zero-order valence-electron chi connectivity index (χ0n) is 18.8. The Balaban J connectivity index is 1.56. The number of nitrogens with zero attached hydrogens (tertiary/aromatic N) is 2. The maximum absolute atomic E-state index is 13.9. The molecule has 1 N–H and O–H groups in total. The zero-order valence-corrected chi connectivity index (χ0v) is 18.8. The topological polar surface area (TPSA) is 107 Å². The van der Waals surface area contributed by atoms with Crippen molar-refractivity contribution in [1.82, 2.24) is 14.8 Å². The normalized spacial score (nSPS) is 17.5. The van der Waals surface area contributed by atoms with Gasteiger partial charge in [-0.15, -0.1) is 0 Å². The Labute approximate surface area is 195 Å². The summed E-state index contributed by atoms with van der Waals surface area (Å²) in [5.41, 5.74) is 0.650. The maximum atomic E-state index is 13.9. The summed E-state index contributed by atoms with van der Waals surface area (Å²) in [4.78, 5) is 51.6. The second kappa shape index (κ2) is 10.1. The summed E-state index contributed by atoms with van der Waals surface area (Å²) >= 11 is 0. The van der Waals surface area contributed by atoms with E-state index in [1.165, 1.54) is 23.8 Å². The van der Waals surface area contributed by atoms with E-state index in [0.29, 0.717) is 17.8 Å². The predicted molar refractivity (Wildman–Crippen MR) is 119 cm³/mol. The second-order valence-electron chi connectivity index (χ2n) is 8.28. The number of benzene rings is 1. The molecule has 3 heterocycles. The Hall–Kier alpha value is -3.69. The predicted octanol–water partition coefficient (Wildman–Crippen LogP) is 0.916. The second-order valence-corrected chi connectivity index (χ2v) is 8.28. The molecule has 4 rings (SSSR count). The number of fused-ring (bicyclic) bond motifs is 1. The number of halogens is 1. The Kier molecular flexibility index (Phi) is 6.95. The van der Waals surface area contributed by atoms with E-state index in [9.17, 15) is 23.6 Å². The molecule has 1 aromatic carbocycles. The van der Waals surface area contributed by atoms with E-state index in [-0.39, 0.29) is 80.0 Å². The fraction of sp³-hybridized carbons (Fsp3) is 0.417. The van der Waals surface area contributed by atoms with Gasteiger partial charge in [-0.2, -0.15) is 0 Å². The standard InChI is InChI=1S/C24H26FN3O6/c1-33-24(32)22-18-6-8-27(23(31)16-12-20(29)26-14-16)9-10-28(18)21(30)13-19(22)34-11-7-15-4-2-3-5-17(15)25/h2-5,13,16H,6-12,14H2,1H3,(H,26,29). The van der Waals surface area contributed by atoms with Gasteiger partial charge in [0.1, 0.15) is 17.1 Å². The Morgan fingerprint density at radius 3 is 2.68 bits per heavy atom. The van der Waals surface area contributed by atoms with Gasteiger partial charge >= 0.3 is 5.97 Å². The zero-order chi connectivity index (χ0) is 24.2. The highest BCUT2D eigenvalue weighted by Crippen LogP contribution is 2.25. The van der Waals surface area contributed by atoms with Crippen LogP contribution in [0, 0.1) is 11.7 Å². The first-order valence-electron chi connectivity index (χ1n) is 11.2. The minimum atomic E-state index is -0.657. The fourth-order valence-electron chi connectivity index (χ4n) is 4.42. The van der Waals surface area contributed by atoms with Crippen molar-refractivity contribution in [1.29, 1.82) is 0 Å². The SMILES string of the molecule is COC(=O)c1c(OCCc2ccccc2F)cc(=O)n2c1CCN(C(=O)C1CNC(=O)C1)CC2. The molecular weight excluding hydrogens is 445 g/mol. The smallest absolute Gasteiger partial charge is 0.343 e. The van der Waals surface area contributed by atoms with Crippen LogP contribution in [0.2, 0.25) is 0 Å². The van der Waals surface area contributed by atoms with Crippen LogP contribution in [0.1, 0.15) is 28.0 Å². The number of pyridine rings is 1. The fourth-order valence-corrected chi connectivity index (χ4v) is 4.42. The Bertz CT molecular complexity index is 1180. The van der Waals surface area contributed by atoms with Crippen LogP contribution in [0.3, 0.4) is 0 Å². The number of nitrogens with one attached hydrogen (secondary N) is 1. The van der Waals surface area contributed by atoms with Gasteiger partial charge < -0.3 is 24.3 Å². The van der Waals surface area contributed by atoms with Gasteiger partial charge in [0.2, 0.25) is 11.8 Å². The first kappa shape index (κ1) is 23.5. The molecule has 2 aliphatic heterocycles. The molecule has 0 aliphatic carbocycles. The molecule has 2 amide bonds. The third-order valence-corrected chi connectivity index (χ3v) is 6.21. The summed E-state index contributed by atoms with van der Waals surface area (Å²) in [5.74, 6) is -1.68. The van der Waals surface area contributed by atoms with E-state index in [2.05, 4.69) is 5.32 Å². The van der Waals surface area contributed by atoms with Crippen molar-refractivity contribution in [2.24, 2.45) is 5.92 Å². The maximum Gasteiger partial charge on any atom is 0.343 e. The van der Waals surface area contributed by atoms with Crippen molar-refractivity contribution in [3.8, 4) is 5.75 Å². The lowest BCUT2D eigenvalue weighted by atomic mass is 10.1. The molecule has 1 aromatic heterocycles. The molecule has 2 aromatic rings. The van der Waals surface area contributed by atoms with Crippen LogP contribution in [0.15, 0.2) is 35.1 Å². The van der Waals surface area contributed by atoms with E-state index in [1.54, 1.807) is 23.1 Å². The molecular formula is C24H26FN3O6. The molecule has 0 radical (unpaired) electrons. The van der Waals surface area contributed by atoms with E-state index >= 15 is 0 Å². The van der Waals surface area contributed by atoms with E-state index < -0.39 is 11.9 Å². The number of carbonyl (C=O) groups is 3. The van der Waals surface area contributed by atoms with Gasteiger partial charge in [0, 0.05) is 57.2 Å². The van der Waals surface area contributed by atoms with E-state index in [4.69, 9.17) is 9.47 Å². The monoisotopic (exact) mass is 471 g/mol. The van der Waals surface area contributed by atoms with Crippen LogP contribution in [0.5, 0.6) is 5.75 Å². The third kappa shape index (κ3) is 4.80. The van der Waals surface area contributed by atoms with Crippen molar-refractivity contribution in [3.63, 3.8) is 0 Å². The van der Waals surface area contributed by atoms with Gasteiger partial charge in [0.25, 0.3) is 5.56 Å². The van der Waals surface area contributed by atoms with Crippen LogP contribution in [0.4, 0.5) is 4.39 Å². The van der Waals surface area contributed by atoms with Crippen LogP contribution in [-0.4, -0.2) is 60.6 Å². The van der Waals surface area contributed by atoms with Crippen molar-refractivity contribution in [2.45, 2.75) is 25.8 Å². The van der Waals surface area contributed by atoms with Gasteiger partial charge in [0.05, 0.1) is 19.6 Å². The van der Waals surface area contributed by atoms with E-state index in [1.807, 2.05) is 0 Å². The molecule has 0 saturated carbocycles. The molecule has 0 spiro atoms. The van der Waals surface area contributed by atoms with Crippen molar-refractivity contribution < 1.29 is 28.2 Å². The quantitative estimate of drug-likeness (QED) is 0.628. The highest BCUT2D eigenvalue weighted by molar-refractivity contribution is 5.94. The number of carbonyl (C=O) groups excluding carboxylic acids is 3. The molecule has 10 heteroatoms. The lowest BCUT2D eigenvalue weighted by Gasteiger charge is -2.22. The van der Waals surface area contributed by atoms with Crippen LogP contribution < -0.4 is 15.6 Å². The number of hydrogen-bond donors (Lipinski definition) is 1. The Morgan fingerprint density at radius 1 is 1.18 bits per heavy atom. The molecule has 2 aliphatic rings. The molecule has 1 unspecified atom stereocenters. The molecule has 34 heavy (non-hydrogen) atoms. The number of ether oxygens (including phenoxy) is 2. The Morgan fingerprint density at radius 2 is 1.97 bits per heavy atom. The van der Waals surface area contributed by atoms with Crippen molar-refractivity contribution >= 4 is 17.8 Å². The first-order chi connectivity index (χ1) is 16.4. The largest absolute Gasteiger partial charge is 0.492 e. The number of amides is 2. The van der Waals surface area contributed by atoms with Crippen LogP contribution in [-0.2, 0) is 33.7 Å². The van der Waals surface area contributed by atoms with Crippen LogP contribution in [0.25, 0.3) is 0 Å². The number of hydrogen-bond acceptors (Lipinski definition) is 6. The minimum absolute atomic E-state index is 0.0567. The van der Waals surface area contributed by atoms with Crippen molar-refractivity contribution in [2.75, 3.05) is 33.4 Å². The van der Waals surface area contributed by atoms with Gasteiger partial charge in [-0.05, 0) is 11.6 Å². The number of methoxy groups -OCH3 is 1. The number of aromatic nitrogens is 1. The van der Waals surface area contributed by atoms with Crippen molar-refractivity contribution in [3.05, 3.63) is 63.3 Å². The van der Waals surface area contributed by atoms with Gasteiger partial charge in [-0.1, -0.05) is 18.2 Å². The highest BCUT2D eigenvalue weighted by atomic mass is 19.1. The third-order valence-electron chi connectivity index (χ3n) is 6.21. The average molecular weight is 471 g/mol. The number of rotatable bonds is 6. The summed E-state index contributed by atoms with van der Waals surface area (Å²) in [6.07, 6.45) is 0.641. The first-order valence-corrected chi connectivity index (χ1v) is 11.2. The van der Waals surface area contributed by atoms with Gasteiger partial charge in [-0.3, -0.25) is 14.4 Å². The molecule has 1 saturated heterocycles. The van der Waals surface area contributed by atoms with Crippen LogP contribution >= 0.6 is 0 Å². The molecule has 1 atom stereocenters. The average Bonchev–Trinajstić information content (AvgIpc) is 3.14. The van der Waals surface area contributed by atoms with Gasteiger partial charge in [0.15, 0.2) is 0 Å². The minimum Gasteiger partial charge on any atom is -0.492 e. The lowest BCUT2D eigenvalue weighted by Crippen LogP contribution is -2.39. The highest BCUT2D eigenvalue weighted by Gasteiger charge is 2.33. The molecule has 0 bridgehead atoms.